The molecule has 0 saturated carbocycles. The second-order valence-corrected chi connectivity index (χ2v) is 12.7. The number of carbonyl (C=O) groups excluding carboxylic acids is 1. The number of pyridine rings is 1. The summed E-state index contributed by atoms with van der Waals surface area (Å²) in [6.07, 6.45) is 6.85. The molecule has 4 aromatic heterocycles. The smallest absolute Gasteiger partial charge is 0.320 e. The monoisotopic (exact) mass is 626 g/mol. The van der Waals surface area contributed by atoms with Gasteiger partial charge in [-0.15, -0.1) is 10.2 Å². The molecular weight excluding hydrogens is 584 g/mol. The molecular formula is C33H42N10O3. The standard InChI is InChI=1S/C33H42N10O3/c1-7-45-17-16-41-20-22(19-34-41)43-30(18-28(39-43)33(2,3)4)36-31(44)35-26-13-14-27(25-11-9-8-10-24(25)26)46-23-12-15-29-37-38-32(40(5)6)42(29)21-23/h8-12,15,18-21,26-27H,7,13-14,16-17H2,1-6H3,(H2,35,36,44)/t26-,27+/m0/s1. The first-order valence-corrected chi connectivity index (χ1v) is 15.7. The highest BCUT2D eigenvalue weighted by Gasteiger charge is 2.30. The molecule has 0 fully saturated rings. The Kier molecular flexibility index (Phi) is 8.67. The van der Waals surface area contributed by atoms with Crippen LogP contribution in [0.4, 0.5) is 16.6 Å². The fourth-order valence-corrected chi connectivity index (χ4v) is 5.65. The number of rotatable bonds is 10. The molecule has 4 heterocycles. The fourth-order valence-electron chi connectivity index (χ4n) is 5.65. The molecule has 0 radical (unpaired) electrons. The Morgan fingerprint density at radius 3 is 2.63 bits per heavy atom. The van der Waals surface area contributed by atoms with E-state index < -0.39 is 0 Å². The number of aromatic nitrogens is 7. The highest BCUT2D eigenvalue weighted by Crippen LogP contribution is 2.39. The number of carbonyl (C=O) groups is 1. The van der Waals surface area contributed by atoms with Crippen LogP contribution in [0.3, 0.4) is 0 Å². The maximum absolute atomic E-state index is 13.5. The van der Waals surface area contributed by atoms with Crippen molar-refractivity contribution >= 4 is 23.4 Å². The lowest BCUT2D eigenvalue weighted by Crippen LogP contribution is -2.36. The van der Waals surface area contributed by atoms with Crippen molar-refractivity contribution < 1.29 is 14.3 Å². The Bertz CT molecular complexity index is 1820. The zero-order valence-electron chi connectivity index (χ0n) is 27.3. The zero-order valence-corrected chi connectivity index (χ0v) is 27.3. The summed E-state index contributed by atoms with van der Waals surface area (Å²) in [5, 5.41) is 24.1. The van der Waals surface area contributed by atoms with Gasteiger partial charge >= 0.3 is 6.03 Å². The first-order valence-electron chi connectivity index (χ1n) is 15.7. The predicted octanol–water partition coefficient (Wildman–Crippen LogP) is 5.29. The number of benzene rings is 1. The number of urea groups is 1. The third kappa shape index (κ3) is 6.54. The minimum Gasteiger partial charge on any atom is -0.484 e. The maximum Gasteiger partial charge on any atom is 0.320 e. The molecule has 5 aromatic rings. The van der Waals surface area contributed by atoms with Crippen molar-refractivity contribution in [3.05, 3.63) is 77.9 Å². The molecule has 13 heteroatoms. The Balaban J connectivity index is 1.18. The van der Waals surface area contributed by atoms with Gasteiger partial charge in [-0.2, -0.15) is 10.2 Å². The Morgan fingerprint density at radius 2 is 1.87 bits per heavy atom. The third-order valence-electron chi connectivity index (χ3n) is 8.03. The molecule has 0 spiro atoms. The van der Waals surface area contributed by atoms with Crippen molar-refractivity contribution in [1.29, 1.82) is 0 Å². The van der Waals surface area contributed by atoms with Gasteiger partial charge in [0.05, 0.1) is 43.5 Å². The minimum absolute atomic E-state index is 0.163. The topological polar surface area (TPSA) is 129 Å². The van der Waals surface area contributed by atoms with E-state index in [0.29, 0.717) is 32.0 Å². The number of hydrogen-bond acceptors (Lipinski definition) is 8. The van der Waals surface area contributed by atoms with Gasteiger partial charge < -0.3 is 19.7 Å². The van der Waals surface area contributed by atoms with Crippen molar-refractivity contribution in [2.75, 3.05) is 37.5 Å². The summed E-state index contributed by atoms with van der Waals surface area (Å²) in [6, 6.07) is 13.4. The summed E-state index contributed by atoms with van der Waals surface area (Å²) in [5.41, 5.74) is 4.24. The molecule has 1 aliphatic carbocycles. The lowest BCUT2D eigenvalue weighted by molar-refractivity contribution is 0.136. The number of amides is 2. The van der Waals surface area contributed by atoms with Gasteiger partial charge in [-0.1, -0.05) is 45.0 Å². The van der Waals surface area contributed by atoms with E-state index in [-0.39, 0.29) is 23.6 Å². The molecule has 46 heavy (non-hydrogen) atoms. The quantitative estimate of drug-likeness (QED) is 0.200. The molecule has 6 rings (SSSR count). The van der Waals surface area contributed by atoms with Gasteiger partial charge in [0.15, 0.2) is 5.65 Å². The molecule has 0 unspecified atom stereocenters. The number of nitrogens with zero attached hydrogens (tertiary/aromatic N) is 8. The molecule has 1 aliphatic rings. The van der Waals surface area contributed by atoms with E-state index >= 15 is 0 Å². The van der Waals surface area contributed by atoms with E-state index in [4.69, 9.17) is 14.6 Å². The zero-order chi connectivity index (χ0) is 32.4. The number of ether oxygens (including phenoxy) is 2. The van der Waals surface area contributed by atoms with Crippen LogP contribution in [0, 0.1) is 0 Å². The summed E-state index contributed by atoms with van der Waals surface area (Å²) >= 11 is 0. The van der Waals surface area contributed by atoms with E-state index in [1.165, 1.54) is 0 Å². The molecule has 13 nitrogen and oxygen atoms in total. The minimum atomic E-state index is -0.307. The predicted molar refractivity (Wildman–Crippen MR) is 176 cm³/mol. The molecule has 2 atom stereocenters. The molecule has 2 N–H and O–H groups in total. The number of nitrogens with one attached hydrogen (secondary N) is 2. The highest BCUT2D eigenvalue weighted by atomic mass is 16.5. The van der Waals surface area contributed by atoms with Crippen LogP contribution in [0.2, 0.25) is 0 Å². The lowest BCUT2D eigenvalue weighted by Gasteiger charge is -2.32. The molecule has 2 amide bonds. The van der Waals surface area contributed by atoms with Crippen LogP contribution in [0.5, 0.6) is 5.75 Å². The summed E-state index contributed by atoms with van der Waals surface area (Å²) in [7, 11) is 3.86. The first kappa shape index (κ1) is 31.1. The molecule has 0 bridgehead atoms. The van der Waals surface area contributed by atoms with Crippen LogP contribution in [0.25, 0.3) is 11.3 Å². The largest absolute Gasteiger partial charge is 0.484 e. The van der Waals surface area contributed by atoms with Crippen molar-refractivity contribution in [2.45, 2.75) is 64.6 Å². The second kappa shape index (κ2) is 12.8. The van der Waals surface area contributed by atoms with Crippen molar-refractivity contribution in [2.24, 2.45) is 0 Å². The Morgan fingerprint density at radius 1 is 1.07 bits per heavy atom. The normalized spacial score (nSPS) is 16.3. The summed E-state index contributed by atoms with van der Waals surface area (Å²) < 4.78 is 17.5. The van der Waals surface area contributed by atoms with Crippen LogP contribution in [0.1, 0.15) is 69.5 Å². The van der Waals surface area contributed by atoms with Crippen LogP contribution in [-0.2, 0) is 16.7 Å². The Labute approximate surface area is 268 Å². The van der Waals surface area contributed by atoms with E-state index in [9.17, 15) is 4.79 Å². The van der Waals surface area contributed by atoms with Crippen LogP contribution in [0.15, 0.2) is 61.1 Å². The van der Waals surface area contributed by atoms with E-state index in [1.807, 2.05) is 77.7 Å². The van der Waals surface area contributed by atoms with Gasteiger partial charge in [-0.25, -0.2) is 9.48 Å². The SMILES string of the molecule is CCOCCn1cc(-n2nc(C(C)(C)C)cc2NC(=O)N[C@H]2CC[C@@H](Oc3ccc4nnc(N(C)C)n4c3)c3ccccc32)cn1. The van der Waals surface area contributed by atoms with Gasteiger partial charge in [-0.05, 0) is 43.0 Å². The van der Waals surface area contributed by atoms with E-state index in [1.54, 1.807) is 10.9 Å². The van der Waals surface area contributed by atoms with Gasteiger partial charge in [-0.3, -0.25) is 14.4 Å². The summed E-state index contributed by atoms with van der Waals surface area (Å²) in [4.78, 5) is 15.4. The van der Waals surface area contributed by atoms with Crippen LogP contribution in [-0.4, -0.2) is 67.5 Å². The molecule has 0 aliphatic heterocycles. The van der Waals surface area contributed by atoms with Gasteiger partial charge in [0.1, 0.15) is 23.4 Å². The van der Waals surface area contributed by atoms with E-state index in [0.717, 1.165) is 46.3 Å². The maximum atomic E-state index is 13.5. The average molecular weight is 627 g/mol. The van der Waals surface area contributed by atoms with Gasteiger partial charge in [0.2, 0.25) is 5.95 Å². The second-order valence-electron chi connectivity index (χ2n) is 12.7. The fraction of sp³-hybridized carbons (Fsp3) is 0.424. The first-order chi connectivity index (χ1) is 22.1. The third-order valence-corrected chi connectivity index (χ3v) is 8.03. The molecule has 242 valence electrons. The highest BCUT2D eigenvalue weighted by molar-refractivity contribution is 5.89. The molecule has 0 saturated heterocycles. The van der Waals surface area contributed by atoms with Gasteiger partial charge in [0, 0.05) is 32.2 Å². The number of fused-ring (bicyclic) bond motifs is 2. The van der Waals surface area contributed by atoms with Crippen LogP contribution < -0.4 is 20.3 Å². The van der Waals surface area contributed by atoms with Crippen molar-refractivity contribution in [3.63, 3.8) is 0 Å². The van der Waals surface area contributed by atoms with Crippen LogP contribution >= 0.6 is 0 Å². The molecule has 1 aromatic carbocycles. The van der Waals surface area contributed by atoms with E-state index in [2.05, 4.69) is 58.8 Å². The van der Waals surface area contributed by atoms with Gasteiger partial charge in [0.25, 0.3) is 0 Å². The lowest BCUT2D eigenvalue weighted by atomic mass is 9.85. The van der Waals surface area contributed by atoms with Crippen molar-refractivity contribution in [3.8, 4) is 11.4 Å². The Hall–Kier alpha value is -4.91. The average Bonchev–Trinajstić information content (AvgIpc) is 3.77. The number of anilines is 2. The summed E-state index contributed by atoms with van der Waals surface area (Å²) in [6.45, 7) is 10.1. The number of hydrogen-bond donors (Lipinski definition) is 2. The summed E-state index contributed by atoms with van der Waals surface area (Å²) in [5.74, 6) is 2.02. The van der Waals surface area contributed by atoms with Crippen molar-refractivity contribution in [1.82, 2.24) is 39.5 Å².